The highest BCUT2D eigenvalue weighted by molar-refractivity contribution is 5.91. The molecule has 1 saturated heterocycles. The van der Waals surface area contributed by atoms with E-state index in [2.05, 4.69) is 5.32 Å². The van der Waals surface area contributed by atoms with Gasteiger partial charge in [-0.2, -0.15) is 13.2 Å². The summed E-state index contributed by atoms with van der Waals surface area (Å²) in [5.74, 6) is -3.95. The maximum absolute atomic E-state index is 13.6. The van der Waals surface area contributed by atoms with Crippen LogP contribution in [0.15, 0.2) is 18.2 Å². The molecule has 29 heavy (non-hydrogen) atoms. The minimum absolute atomic E-state index is 0.000441. The van der Waals surface area contributed by atoms with Gasteiger partial charge in [-0.25, -0.2) is 8.78 Å². The van der Waals surface area contributed by atoms with Crippen molar-refractivity contribution >= 4 is 17.5 Å². The lowest BCUT2D eigenvalue weighted by molar-refractivity contribution is -0.137. The van der Waals surface area contributed by atoms with Crippen molar-refractivity contribution in [3.05, 3.63) is 29.3 Å². The molecule has 1 aromatic carbocycles. The normalized spacial score (nSPS) is 17.7. The van der Waals surface area contributed by atoms with Gasteiger partial charge in [0.25, 0.3) is 5.92 Å². The van der Waals surface area contributed by atoms with Crippen molar-refractivity contribution in [2.24, 2.45) is 11.8 Å². The molecule has 9 heteroatoms. The van der Waals surface area contributed by atoms with E-state index in [-0.39, 0.29) is 29.9 Å². The molecule has 0 radical (unpaired) electrons. The molecule has 4 nitrogen and oxygen atoms in total. The van der Waals surface area contributed by atoms with Crippen molar-refractivity contribution in [1.82, 2.24) is 4.90 Å². The molecule has 1 heterocycles. The van der Waals surface area contributed by atoms with E-state index in [9.17, 15) is 31.5 Å². The fraction of sp³-hybridized carbons (Fsp3) is 0.600. The molecule has 0 spiro atoms. The number of rotatable bonds is 6. The number of hydrogen-bond acceptors (Lipinski definition) is 2. The van der Waals surface area contributed by atoms with Crippen molar-refractivity contribution in [3.63, 3.8) is 0 Å². The van der Waals surface area contributed by atoms with Crippen LogP contribution in [0.25, 0.3) is 0 Å². The molecule has 1 unspecified atom stereocenters. The molecule has 2 rings (SSSR count). The van der Waals surface area contributed by atoms with Crippen LogP contribution >= 0.6 is 0 Å². The van der Waals surface area contributed by atoms with Crippen molar-refractivity contribution in [2.75, 3.05) is 18.4 Å². The van der Waals surface area contributed by atoms with Gasteiger partial charge >= 0.3 is 6.18 Å². The number of amides is 2. The minimum Gasteiger partial charge on any atom is -0.342 e. The number of hydrogen-bond donors (Lipinski definition) is 1. The van der Waals surface area contributed by atoms with Gasteiger partial charge in [0.15, 0.2) is 0 Å². The average Bonchev–Trinajstić information content (AvgIpc) is 3.00. The third-order valence-corrected chi connectivity index (χ3v) is 4.75. The van der Waals surface area contributed by atoms with Crippen LogP contribution in [0, 0.1) is 11.8 Å². The second kappa shape index (κ2) is 8.67. The summed E-state index contributed by atoms with van der Waals surface area (Å²) in [4.78, 5) is 26.0. The predicted octanol–water partition coefficient (Wildman–Crippen LogP) is 5.04. The molecule has 0 bridgehead atoms. The van der Waals surface area contributed by atoms with Gasteiger partial charge in [0.2, 0.25) is 11.8 Å². The van der Waals surface area contributed by atoms with Gasteiger partial charge in [0.05, 0.1) is 5.56 Å². The lowest BCUT2D eigenvalue weighted by atomic mass is 10.0. The van der Waals surface area contributed by atoms with Gasteiger partial charge in [-0.3, -0.25) is 9.59 Å². The second-order valence-corrected chi connectivity index (χ2v) is 8.03. The molecule has 1 atom stereocenters. The number of carbonyl (C=O) groups excluding carboxylic acids is 2. The van der Waals surface area contributed by atoms with E-state index in [4.69, 9.17) is 0 Å². The molecular formula is C20H25F5N2O2. The zero-order valence-corrected chi connectivity index (χ0v) is 16.6. The van der Waals surface area contributed by atoms with Crippen LogP contribution in [0.5, 0.6) is 0 Å². The predicted molar refractivity (Wildman–Crippen MR) is 98.4 cm³/mol. The molecule has 162 valence electrons. The molecule has 0 saturated carbocycles. The third-order valence-electron chi connectivity index (χ3n) is 4.75. The van der Waals surface area contributed by atoms with Crippen LogP contribution in [0.1, 0.15) is 51.2 Å². The van der Waals surface area contributed by atoms with Crippen LogP contribution < -0.4 is 5.32 Å². The summed E-state index contributed by atoms with van der Waals surface area (Å²) in [6.45, 7) is 5.29. The maximum atomic E-state index is 13.6. The Bertz CT molecular complexity index is 724. The van der Waals surface area contributed by atoms with Crippen molar-refractivity contribution in [2.45, 2.75) is 52.1 Å². The quantitative estimate of drug-likeness (QED) is 0.656. The Morgan fingerprint density at radius 2 is 1.76 bits per heavy atom. The molecule has 0 aliphatic carbocycles. The van der Waals surface area contributed by atoms with E-state index in [1.54, 1.807) is 4.90 Å². The number of alkyl halides is 5. The number of halogens is 5. The molecule has 1 aliphatic heterocycles. The minimum atomic E-state index is -4.82. The van der Waals surface area contributed by atoms with Crippen LogP contribution in [0.2, 0.25) is 0 Å². The van der Waals surface area contributed by atoms with Crippen molar-refractivity contribution in [1.29, 1.82) is 0 Å². The average molecular weight is 420 g/mol. The van der Waals surface area contributed by atoms with Gasteiger partial charge in [-0.15, -0.1) is 0 Å². The molecule has 1 fully saturated rings. The van der Waals surface area contributed by atoms with E-state index in [1.807, 2.05) is 13.8 Å². The van der Waals surface area contributed by atoms with Crippen molar-refractivity contribution < 1.29 is 31.5 Å². The van der Waals surface area contributed by atoms with Gasteiger partial charge < -0.3 is 10.2 Å². The summed E-state index contributed by atoms with van der Waals surface area (Å²) in [5, 5.41) is 2.29. The van der Waals surface area contributed by atoms with Gasteiger partial charge in [-0.1, -0.05) is 13.8 Å². The number of anilines is 1. The Morgan fingerprint density at radius 3 is 2.31 bits per heavy atom. The molecular weight excluding hydrogens is 395 g/mol. The van der Waals surface area contributed by atoms with E-state index in [0.717, 1.165) is 6.07 Å². The Labute approximate surface area is 166 Å². The Hall–Kier alpha value is -2.19. The monoisotopic (exact) mass is 420 g/mol. The Balaban J connectivity index is 2.05. The van der Waals surface area contributed by atoms with E-state index < -0.39 is 29.1 Å². The fourth-order valence-electron chi connectivity index (χ4n) is 3.30. The number of carbonyl (C=O) groups is 2. The molecule has 1 aromatic rings. The van der Waals surface area contributed by atoms with Crippen LogP contribution in [0.3, 0.4) is 0 Å². The topological polar surface area (TPSA) is 49.4 Å². The smallest absolute Gasteiger partial charge is 0.342 e. The van der Waals surface area contributed by atoms with Gasteiger partial charge in [0, 0.05) is 44.1 Å². The SMILES string of the molecule is CC(C)CC(=O)N1CCC(CC(=O)Nc2cc(C(C)(F)F)cc(C(F)(F)F)c2)C1. The van der Waals surface area contributed by atoms with E-state index in [0.29, 0.717) is 45.0 Å². The van der Waals surface area contributed by atoms with Crippen LogP contribution in [-0.4, -0.2) is 29.8 Å². The highest BCUT2D eigenvalue weighted by atomic mass is 19.4. The van der Waals surface area contributed by atoms with Gasteiger partial charge in [0.1, 0.15) is 0 Å². The summed E-state index contributed by atoms with van der Waals surface area (Å²) in [6, 6.07) is 1.87. The zero-order valence-electron chi connectivity index (χ0n) is 16.6. The second-order valence-electron chi connectivity index (χ2n) is 8.03. The first-order valence-electron chi connectivity index (χ1n) is 9.44. The summed E-state index contributed by atoms with van der Waals surface area (Å²) >= 11 is 0. The third kappa shape index (κ3) is 6.68. The zero-order chi connectivity index (χ0) is 22.0. The summed E-state index contributed by atoms with van der Waals surface area (Å²) < 4.78 is 66.2. The molecule has 2 amide bonds. The highest BCUT2D eigenvalue weighted by Crippen LogP contribution is 2.36. The number of nitrogens with one attached hydrogen (secondary N) is 1. The van der Waals surface area contributed by atoms with Crippen LogP contribution in [0.4, 0.5) is 27.6 Å². The van der Waals surface area contributed by atoms with Crippen molar-refractivity contribution in [3.8, 4) is 0 Å². The Morgan fingerprint density at radius 1 is 1.14 bits per heavy atom. The fourth-order valence-corrected chi connectivity index (χ4v) is 3.30. The first-order valence-corrected chi connectivity index (χ1v) is 9.44. The Kier molecular flexibility index (Phi) is 6.90. The van der Waals surface area contributed by atoms with E-state index in [1.165, 1.54) is 0 Å². The number of likely N-dealkylation sites (tertiary alicyclic amines) is 1. The lowest BCUT2D eigenvalue weighted by Crippen LogP contribution is -2.30. The maximum Gasteiger partial charge on any atom is 0.416 e. The lowest BCUT2D eigenvalue weighted by Gasteiger charge is -2.18. The first kappa shape index (κ1) is 23.1. The number of nitrogens with zero attached hydrogens (tertiary/aromatic N) is 1. The van der Waals surface area contributed by atoms with Crippen LogP contribution in [-0.2, 0) is 21.7 Å². The summed E-state index contributed by atoms with van der Waals surface area (Å²) in [6.07, 6.45) is -3.79. The standard InChI is InChI=1S/C20H25F5N2O2/c1-12(2)6-18(29)27-5-4-13(11-27)7-17(28)26-16-9-14(19(3,21)22)8-15(10-16)20(23,24)25/h8-10,12-13H,4-7,11H2,1-3H3,(H,26,28). The molecule has 1 N–H and O–H groups in total. The summed E-state index contributed by atoms with van der Waals surface area (Å²) in [5.41, 5.74) is -2.40. The first-order chi connectivity index (χ1) is 13.3. The van der Waals surface area contributed by atoms with Gasteiger partial charge in [-0.05, 0) is 36.5 Å². The number of benzene rings is 1. The highest BCUT2D eigenvalue weighted by Gasteiger charge is 2.35. The van der Waals surface area contributed by atoms with E-state index >= 15 is 0 Å². The summed E-state index contributed by atoms with van der Waals surface area (Å²) in [7, 11) is 0. The molecule has 0 aromatic heterocycles. The largest absolute Gasteiger partial charge is 0.416 e. The molecule has 1 aliphatic rings.